The maximum atomic E-state index is 13.0. The van der Waals surface area contributed by atoms with Crippen LogP contribution < -0.4 is 5.56 Å². The maximum Gasteiger partial charge on any atom is 0.259 e. The van der Waals surface area contributed by atoms with Gasteiger partial charge in [0.1, 0.15) is 17.0 Å². The number of rotatable bonds is 4. The largest absolute Gasteiger partial charge is 0.309 e. The highest BCUT2D eigenvalue weighted by Gasteiger charge is 2.24. The second-order valence-electron chi connectivity index (χ2n) is 8.52. The first kappa shape index (κ1) is 20.5. The van der Waals surface area contributed by atoms with Crippen molar-refractivity contribution in [2.24, 2.45) is 5.92 Å². The first-order valence-corrected chi connectivity index (χ1v) is 12.3. The minimum atomic E-state index is -0.0659. The Kier molecular flexibility index (Phi) is 5.22. The molecule has 4 aromatic rings. The van der Waals surface area contributed by atoms with Gasteiger partial charge in [-0.1, -0.05) is 36.4 Å². The lowest BCUT2D eigenvalue weighted by atomic mass is 9.89. The zero-order valence-corrected chi connectivity index (χ0v) is 19.7. The van der Waals surface area contributed by atoms with Crippen molar-refractivity contribution in [3.8, 4) is 5.69 Å². The highest BCUT2D eigenvalue weighted by molar-refractivity contribution is 7.99. The van der Waals surface area contributed by atoms with Gasteiger partial charge in [0, 0.05) is 4.88 Å². The predicted octanol–water partition coefficient (Wildman–Crippen LogP) is 5.16. The van der Waals surface area contributed by atoms with Crippen LogP contribution in [0.25, 0.3) is 15.9 Å². The average molecular weight is 452 g/mol. The summed E-state index contributed by atoms with van der Waals surface area (Å²) in [4.78, 5) is 23.1. The molecule has 1 aromatic carbocycles. The molecule has 0 radical (unpaired) electrons. The highest BCUT2D eigenvalue weighted by atomic mass is 32.2. The van der Waals surface area contributed by atoms with Crippen LogP contribution in [0.2, 0.25) is 0 Å². The number of hydrogen-bond acceptors (Lipinski definition) is 6. The normalized spacial score (nSPS) is 17.1. The summed E-state index contributed by atoms with van der Waals surface area (Å²) < 4.78 is 2.00. The summed E-state index contributed by atoms with van der Waals surface area (Å²) >= 11 is 3.24. The van der Waals surface area contributed by atoms with E-state index >= 15 is 0 Å². The smallest absolute Gasteiger partial charge is 0.259 e. The Morgan fingerprint density at radius 3 is 2.97 bits per heavy atom. The lowest BCUT2D eigenvalue weighted by Gasteiger charge is -2.17. The third-order valence-electron chi connectivity index (χ3n) is 5.98. The van der Waals surface area contributed by atoms with E-state index in [4.69, 9.17) is 4.98 Å². The number of hydrogen-bond donors (Lipinski definition) is 1. The van der Waals surface area contributed by atoms with Crippen LogP contribution in [-0.2, 0) is 12.8 Å². The summed E-state index contributed by atoms with van der Waals surface area (Å²) in [5.41, 5.74) is 4.64. The van der Waals surface area contributed by atoms with Gasteiger partial charge >= 0.3 is 0 Å². The molecule has 0 amide bonds. The van der Waals surface area contributed by atoms with Crippen LogP contribution in [0.4, 0.5) is 0 Å². The number of aromatic nitrogens is 5. The lowest BCUT2D eigenvalue weighted by molar-refractivity contribution is 0.509. The van der Waals surface area contributed by atoms with Gasteiger partial charge in [-0.05, 0) is 63.1 Å². The summed E-state index contributed by atoms with van der Waals surface area (Å²) in [5, 5.41) is 9.97. The quantitative estimate of drug-likeness (QED) is 0.434. The SMILES string of the molecule is Cc1ccc(-n2cnnc2SC(C)c2nc3sc4c(c3c(=O)[nH]2)CCC(C)C4)c(C)c1. The molecule has 160 valence electrons. The Hall–Kier alpha value is -2.45. The molecule has 1 aliphatic rings. The number of thiophene rings is 1. The summed E-state index contributed by atoms with van der Waals surface area (Å²) in [5.74, 6) is 1.36. The first-order chi connectivity index (χ1) is 14.9. The van der Waals surface area contributed by atoms with E-state index in [-0.39, 0.29) is 10.8 Å². The van der Waals surface area contributed by atoms with Crippen LogP contribution in [0.1, 0.15) is 52.9 Å². The van der Waals surface area contributed by atoms with Crippen LogP contribution in [0.15, 0.2) is 34.5 Å². The number of fused-ring (bicyclic) bond motifs is 3. The summed E-state index contributed by atoms with van der Waals surface area (Å²) in [6, 6.07) is 6.33. The molecule has 5 rings (SSSR count). The van der Waals surface area contributed by atoms with E-state index < -0.39 is 0 Å². The van der Waals surface area contributed by atoms with Crippen LogP contribution in [0.3, 0.4) is 0 Å². The molecule has 0 fully saturated rings. The lowest BCUT2D eigenvalue weighted by Crippen LogP contribution is -2.15. The van der Waals surface area contributed by atoms with Gasteiger partial charge in [0.15, 0.2) is 5.16 Å². The Morgan fingerprint density at radius 1 is 1.32 bits per heavy atom. The van der Waals surface area contributed by atoms with E-state index in [0.29, 0.717) is 11.7 Å². The van der Waals surface area contributed by atoms with Crippen molar-refractivity contribution >= 4 is 33.3 Å². The van der Waals surface area contributed by atoms with Crippen LogP contribution in [0, 0.1) is 19.8 Å². The molecule has 31 heavy (non-hydrogen) atoms. The van der Waals surface area contributed by atoms with E-state index in [1.165, 1.54) is 21.6 Å². The van der Waals surface area contributed by atoms with Crippen molar-refractivity contribution in [2.45, 2.75) is 57.4 Å². The molecule has 0 spiro atoms. The average Bonchev–Trinajstić information content (AvgIpc) is 3.31. The van der Waals surface area contributed by atoms with Crippen molar-refractivity contribution in [1.29, 1.82) is 0 Å². The number of thioether (sulfide) groups is 1. The van der Waals surface area contributed by atoms with Gasteiger partial charge in [0.05, 0.1) is 16.3 Å². The molecule has 0 saturated carbocycles. The van der Waals surface area contributed by atoms with Gasteiger partial charge in [-0.3, -0.25) is 9.36 Å². The highest BCUT2D eigenvalue weighted by Crippen LogP contribution is 2.38. The molecular formula is C23H25N5OS2. The van der Waals surface area contributed by atoms with E-state index in [0.717, 1.165) is 40.3 Å². The fraction of sp³-hybridized carbons (Fsp3) is 0.391. The number of benzene rings is 1. The number of nitrogens with zero attached hydrogens (tertiary/aromatic N) is 4. The molecule has 0 saturated heterocycles. The standard InChI is InChI=1S/C23H25N5OS2/c1-12-6-8-17(14(3)9-12)28-11-24-27-23(28)30-15(4)20-25-21(29)19-16-7-5-13(2)10-18(16)31-22(19)26-20/h6,8-9,11,13,15H,5,7,10H2,1-4H3,(H,25,26,29). The first-order valence-electron chi connectivity index (χ1n) is 10.6. The van der Waals surface area contributed by atoms with Gasteiger partial charge in [-0.2, -0.15) is 0 Å². The number of aromatic amines is 1. The number of H-pyrrole nitrogens is 1. The van der Waals surface area contributed by atoms with Crippen LogP contribution in [0.5, 0.6) is 0 Å². The molecule has 1 N–H and O–H groups in total. The number of nitrogens with one attached hydrogen (secondary N) is 1. The molecule has 1 aliphatic carbocycles. The Morgan fingerprint density at radius 2 is 2.16 bits per heavy atom. The molecular weight excluding hydrogens is 426 g/mol. The van der Waals surface area contributed by atoms with Crippen LogP contribution in [-0.4, -0.2) is 24.7 Å². The summed E-state index contributed by atoms with van der Waals surface area (Å²) in [6.45, 7) is 8.50. The third-order valence-corrected chi connectivity index (χ3v) is 8.19. The minimum absolute atomic E-state index is 0.0182. The monoisotopic (exact) mass is 451 g/mol. The van der Waals surface area contributed by atoms with Crippen molar-refractivity contribution in [1.82, 2.24) is 24.7 Å². The summed E-state index contributed by atoms with van der Waals surface area (Å²) in [6.07, 6.45) is 4.90. The van der Waals surface area contributed by atoms with Gasteiger partial charge in [0.2, 0.25) is 0 Å². The van der Waals surface area contributed by atoms with Crippen molar-refractivity contribution in [3.05, 3.63) is 62.3 Å². The van der Waals surface area contributed by atoms with Gasteiger partial charge in [-0.15, -0.1) is 21.5 Å². The fourth-order valence-electron chi connectivity index (χ4n) is 4.32. The molecule has 3 aromatic heterocycles. The second kappa shape index (κ2) is 7.91. The zero-order chi connectivity index (χ0) is 21.7. The second-order valence-corrected chi connectivity index (χ2v) is 10.9. The van der Waals surface area contributed by atoms with E-state index in [1.807, 2.05) is 11.5 Å². The van der Waals surface area contributed by atoms with Crippen molar-refractivity contribution in [3.63, 3.8) is 0 Å². The predicted molar refractivity (Wildman–Crippen MR) is 127 cm³/mol. The topological polar surface area (TPSA) is 76.5 Å². The fourth-order valence-corrected chi connectivity index (χ4v) is 6.60. The van der Waals surface area contributed by atoms with Gasteiger partial charge in [-0.25, -0.2) is 4.98 Å². The minimum Gasteiger partial charge on any atom is -0.309 e. The summed E-state index contributed by atoms with van der Waals surface area (Å²) in [7, 11) is 0. The van der Waals surface area contributed by atoms with E-state index in [1.54, 1.807) is 29.4 Å². The third kappa shape index (κ3) is 3.72. The molecule has 2 unspecified atom stereocenters. The molecule has 6 nitrogen and oxygen atoms in total. The Balaban J connectivity index is 1.47. The maximum absolute atomic E-state index is 13.0. The molecule has 2 atom stereocenters. The molecule has 0 aliphatic heterocycles. The Bertz CT molecular complexity index is 1340. The Labute approximate surface area is 189 Å². The number of aryl methyl sites for hydroxylation is 3. The molecule has 3 heterocycles. The van der Waals surface area contributed by atoms with Crippen LogP contribution >= 0.6 is 23.1 Å². The molecule has 8 heteroatoms. The van der Waals surface area contributed by atoms with E-state index in [9.17, 15) is 4.79 Å². The van der Waals surface area contributed by atoms with Crippen molar-refractivity contribution < 1.29 is 0 Å². The van der Waals surface area contributed by atoms with Crippen molar-refractivity contribution in [2.75, 3.05) is 0 Å². The van der Waals surface area contributed by atoms with Gasteiger partial charge in [0.25, 0.3) is 5.56 Å². The zero-order valence-electron chi connectivity index (χ0n) is 18.1. The molecule has 0 bridgehead atoms. The van der Waals surface area contributed by atoms with Gasteiger partial charge < -0.3 is 4.98 Å². The van der Waals surface area contributed by atoms with E-state index in [2.05, 4.69) is 54.2 Å².